The Balaban J connectivity index is 1.86. The summed E-state index contributed by atoms with van der Waals surface area (Å²) in [6.45, 7) is 0. The van der Waals surface area contributed by atoms with E-state index in [-0.39, 0.29) is 0 Å². The molecule has 132 valence electrons. The van der Waals surface area contributed by atoms with Gasteiger partial charge < -0.3 is 4.74 Å². The molecule has 0 aromatic heterocycles. The lowest BCUT2D eigenvalue weighted by molar-refractivity contribution is 0.420. The molecule has 0 saturated heterocycles. The topological polar surface area (TPSA) is 9.23 Å². The first-order valence-electron chi connectivity index (χ1n) is 9.63. The molecule has 0 radical (unpaired) electrons. The minimum Gasteiger partial charge on any atom is -0.459 e. The zero-order valence-electron chi connectivity index (χ0n) is 15.3. The SMILES string of the molecule is C1=CC=C2Oc3c(c4ccccc4c4ccccc34)C2(c2ccccc2)C=C1. The van der Waals surface area contributed by atoms with Crippen molar-refractivity contribution < 1.29 is 4.74 Å². The van der Waals surface area contributed by atoms with Crippen LogP contribution >= 0.6 is 0 Å². The molecule has 4 aromatic carbocycles. The number of hydrogen-bond donors (Lipinski definition) is 0. The van der Waals surface area contributed by atoms with E-state index in [1.807, 2.05) is 0 Å². The molecular weight excluding hydrogens is 340 g/mol. The zero-order valence-corrected chi connectivity index (χ0v) is 15.3. The van der Waals surface area contributed by atoms with Crippen LogP contribution < -0.4 is 4.74 Å². The predicted molar refractivity (Wildman–Crippen MR) is 116 cm³/mol. The summed E-state index contributed by atoms with van der Waals surface area (Å²) in [6, 6.07) is 27.9. The van der Waals surface area contributed by atoms with E-state index < -0.39 is 5.41 Å². The van der Waals surface area contributed by atoms with E-state index in [4.69, 9.17) is 4.74 Å². The lowest BCUT2D eigenvalue weighted by Gasteiger charge is -2.27. The van der Waals surface area contributed by atoms with Gasteiger partial charge in [0.15, 0.2) is 0 Å². The Bertz CT molecular complexity index is 1320. The third-order valence-corrected chi connectivity index (χ3v) is 5.93. The average molecular weight is 358 g/mol. The molecule has 0 saturated carbocycles. The van der Waals surface area contributed by atoms with Gasteiger partial charge in [0.2, 0.25) is 0 Å². The highest BCUT2D eigenvalue weighted by molar-refractivity contribution is 6.13. The van der Waals surface area contributed by atoms with Crippen molar-refractivity contribution in [3.8, 4) is 5.75 Å². The molecule has 0 fully saturated rings. The van der Waals surface area contributed by atoms with Crippen molar-refractivity contribution in [2.75, 3.05) is 0 Å². The quantitative estimate of drug-likeness (QED) is 0.345. The molecule has 1 unspecified atom stereocenters. The number of hydrogen-bond acceptors (Lipinski definition) is 1. The first kappa shape index (κ1) is 15.5. The van der Waals surface area contributed by atoms with Gasteiger partial charge in [0.05, 0.1) is 0 Å². The van der Waals surface area contributed by atoms with Gasteiger partial charge in [-0.2, -0.15) is 0 Å². The van der Waals surface area contributed by atoms with Crippen molar-refractivity contribution in [3.05, 3.63) is 126 Å². The third kappa shape index (κ3) is 1.91. The van der Waals surface area contributed by atoms with Gasteiger partial charge in [-0.25, -0.2) is 0 Å². The van der Waals surface area contributed by atoms with Crippen LogP contribution in [0, 0.1) is 0 Å². The molecule has 4 aromatic rings. The Morgan fingerprint density at radius 2 is 1.21 bits per heavy atom. The van der Waals surface area contributed by atoms with Crippen LogP contribution in [0.25, 0.3) is 21.5 Å². The van der Waals surface area contributed by atoms with E-state index in [0.717, 1.165) is 16.9 Å². The highest BCUT2D eigenvalue weighted by Crippen LogP contribution is 2.56. The summed E-state index contributed by atoms with van der Waals surface area (Å²) in [4.78, 5) is 0. The molecule has 1 aliphatic heterocycles. The molecule has 2 aliphatic rings. The third-order valence-electron chi connectivity index (χ3n) is 5.93. The number of fused-ring (bicyclic) bond motifs is 8. The van der Waals surface area contributed by atoms with Crippen molar-refractivity contribution in [1.29, 1.82) is 0 Å². The second-order valence-corrected chi connectivity index (χ2v) is 7.35. The molecule has 1 nitrogen and oxygen atoms in total. The highest BCUT2D eigenvalue weighted by atomic mass is 16.5. The second-order valence-electron chi connectivity index (χ2n) is 7.35. The molecule has 1 heteroatoms. The molecular formula is C27H18O. The minimum absolute atomic E-state index is 0.427. The van der Waals surface area contributed by atoms with E-state index in [2.05, 4.69) is 109 Å². The van der Waals surface area contributed by atoms with Crippen molar-refractivity contribution in [1.82, 2.24) is 0 Å². The van der Waals surface area contributed by atoms with Crippen LogP contribution in [-0.2, 0) is 5.41 Å². The fourth-order valence-electron chi connectivity index (χ4n) is 4.74. The molecule has 0 spiro atoms. The second kappa shape index (κ2) is 5.71. The van der Waals surface area contributed by atoms with Crippen molar-refractivity contribution in [3.63, 3.8) is 0 Å². The summed E-state index contributed by atoms with van der Waals surface area (Å²) in [5.74, 6) is 1.93. The number of ether oxygens (including phenoxy) is 1. The van der Waals surface area contributed by atoms with Gasteiger partial charge in [-0.3, -0.25) is 0 Å². The molecule has 1 aliphatic carbocycles. The van der Waals surface area contributed by atoms with Crippen molar-refractivity contribution in [2.24, 2.45) is 0 Å². The molecule has 1 atom stereocenters. The normalized spacial score (nSPS) is 19.8. The molecule has 1 heterocycles. The summed E-state index contributed by atoms with van der Waals surface area (Å²) in [6.07, 6.45) is 10.7. The van der Waals surface area contributed by atoms with Gasteiger partial charge in [-0.1, -0.05) is 103 Å². The Labute approximate surface area is 163 Å². The molecule has 0 N–H and O–H groups in total. The lowest BCUT2D eigenvalue weighted by Crippen LogP contribution is -2.25. The van der Waals surface area contributed by atoms with Crippen LogP contribution in [0.4, 0.5) is 0 Å². The van der Waals surface area contributed by atoms with Crippen LogP contribution in [0.5, 0.6) is 5.75 Å². The van der Waals surface area contributed by atoms with Crippen LogP contribution in [0.1, 0.15) is 11.1 Å². The predicted octanol–water partition coefficient (Wildman–Crippen LogP) is 6.68. The van der Waals surface area contributed by atoms with Gasteiger partial charge in [0.1, 0.15) is 16.9 Å². The van der Waals surface area contributed by atoms with Crippen molar-refractivity contribution >= 4 is 21.5 Å². The monoisotopic (exact) mass is 358 g/mol. The zero-order chi connectivity index (χ0) is 18.6. The fraction of sp³-hybridized carbons (Fsp3) is 0.0370. The number of allylic oxidation sites excluding steroid dienone is 5. The van der Waals surface area contributed by atoms with E-state index >= 15 is 0 Å². The average Bonchev–Trinajstić information content (AvgIpc) is 2.95. The summed E-state index contributed by atoms with van der Waals surface area (Å²) >= 11 is 0. The minimum atomic E-state index is -0.427. The smallest absolute Gasteiger partial charge is 0.140 e. The highest BCUT2D eigenvalue weighted by Gasteiger charge is 2.47. The summed E-state index contributed by atoms with van der Waals surface area (Å²) in [5, 5.41) is 4.91. The van der Waals surface area contributed by atoms with Crippen molar-refractivity contribution in [2.45, 2.75) is 5.41 Å². The Kier molecular flexibility index (Phi) is 3.15. The first-order chi connectivity index (χ1) is 13.9. The van der Waals surface area contributed by atoms with Gasteiger partial charge in [0, 0.05) is 10.9 Å². The van der Waals surface area contributed by atoms with Gasteiger partial charge >= 0.3 is 0 Å². The molecule has 28 heavy (non-hydrogen) atoms. The number of benzene rings is 4. The summed E-state index contributed by atoms with van der Waals surface area (Å²) in [5.41, 5.74) is 2.03. The maximum Gasteiger partial charge on any atom is 0.140 e. The van der Waals surface area contributed by atoms with Gasteiger partial charge in [-0.15, -0.1) is 0 Å². The maximum atomic E-state index is 6.63. The Hall–Kier alpha value is -3.58. The fourth-order valence-corrected chi connectivity index (χ4v) is 4.74. The molecule has 0 bridgehead atoms. The summed E-state index contributed by atoms with van der Waals surface area (Å²) in [7, 11) is 0. The van der Waals surface area contributed by atoms with Crippen LogP contribution in [-0.4, -0.2) is 0 Å². The number of rotatable bonds is 1. The Morgan fingerprint density at radius 1 is 0.571 bits per heavy atom. The van der Waals surface area contributed by atoms with E-state index in [9.17, 15) is 0 Å². The molecule has 0 amide bonds. The maximum absolute atomic E-state index is 6.63. The van der Waals surface area contributed by atoms with Gasteiger partial charge in [-0.05, 0) is 27.8 Å². The van der Waals surface area contributed by atoms with Crippen LogP contribution in [0.15, 0.2) is 115 Å². The van der Waals surface area contributed by atoms with Crippen LogP contribution in [0.3, 0.4) is 0 Å². The first-order valence-corrected chi connectivity index (χ1v) is 9.63. The standard InChI is InChI=1S/C27H18O/c1-3-11-19(12-4-1)27-18-10-2-5-17-24(27)28-26-23-16-9-7-14-21(23)20-13-6-8-15-22(20)25(26)27/h1-18H. The van der Waals surface area contributed by atoms with Crippen LogP contribution in [0.2, 0.25) is 0 Å². The lowest BCUT2D eigenvalue weighted by atomic mass is 9.71. The van der Waals surface area contributed by atoms with E-state index in [1.54, 1.807) is 0 Å². The Morgan fingerprint density at radius 3 is 2.00 bits per heavy atom. The van der Waals surface area contributed by atoms with E-state index in [1.165, 1.54) is 27.3 Å². The van der Waals surface area contributed by atoms with Gasteiger partial charge in [0.25, 0.3) is 0 Å². The summed E-state index contributed by atoms with van der Waals surface area (Å²) < 4.78 is 6.63. The molecule has 6 rings (SSSR count). The largest absolute Gasteiger partial charge is 0.459 e. The van der Waals surface area contributed by atoms with E-state index in [0.29, 0.717) is 0 Å².